The predicted octanol–water partition coefficient (Wildman–Crippen LogP) is 2.44. The van der Waals surface area contributed by atoms with Gasteiger partial charge in [-0.15, -0.1) is 11.3 Å². The monoisotopic (exact) mass is 283 g/mol. The molecular formula is C14H25N3OS. The summed E-state index contributed by atoms with van der Waals surface area (Å²) in [6, 6.07) is 0.211. The molecule has 0 aromatic carbocycles. The second-order valence-corrected chi connectivity index (χ2v) is 7.15. The number of nitrogens with one attached hydrogen (secondary N) is 2. The van der Waals surface area contributed by atoms with Crippen LogP contribution in [0.1, 0.15) is 50.9 Å². The zero-order valence-electron chi connectivity index (χ0n) is 12.5. The van der Waals surface area contributed by atoms with Crippen LogP contribution in [-0.4, -0.2) is 23.5 Å². The highest BCUT2D eigenvalue weighted by atomic mass is 32.1. The van der Waals surface area contributed by atoms with Crippen molar-refractivity contribution in [2.75, 3.05) is 6.54 Å². The molecule has 0 atom stereocenters. The van der Waals surface area contributed by atoms with E-state index in [1.165, 1.54) is 4.88 Å². The molecule has 1 heterocycles. The van der Waals surface area contributed by atoms with E-state index >= 15 is 0 Å². The van der Waals surface area contributed by atoms with Crippen molar-refractivity contribution in [3.63, 3.8) is 0 Å². The minimum Gasteiger partial charge on any atom is -0.354 e. The van der Waals surface area contributed by atoms with Gasteiger partial charge in [-0.2, -0.15) is 0 Å². The van der Waals surface area contributed by atoms with E-state index < -0.39 is 0 Å². The SMILES string of the molecule is CC(C)NC(=O)CCNCc1cnc(C(C)(C)C)s1. The van der Waals surface area contributed by atoms with Crippen LogP contribution < -0.4 is 10.6 Å². The number of nitrogens with zero attached hydrogens (tertiary/aromatic N) is 1. The molecule has 1 aromatic heterocycles. The van der Waals surface area contributed by atoms with Crippen molar-refractivity contribution in [2.24, 2.45) is 0 Å². The van der Waals surface area contributed by atoms with Gasteiger partial charge in [-0.05, 0) is 13.8 Å². The first-order chi connectivity index (χ1) is 8.79. The van der Waals surface area contributed by atoms with E-state index in [1.807, 2.05) is 20.0 Å². The number of thiazole rings is 1. The van der Waals surface area contributed by atoms with Crippen LogP contribution >= 0.6 is 11.3 Å². The number of amides is 1. The lowest BCUT2D eigenvalue weighted by atomic mass is 9.98. The van der Waals surface area contributed by atoms with Crippen molar-refractivity contribution >= 4 is 17.2 Å². The summed E-state index contributed by atoms with van der Waals surface area (Å²) in [6.45, 7) is 11.9. The summed E-state index contributed by atoms with van der Waals surface area (Å²) in [5.74, 6) is 0.0992. The fourth-order valence-electron chi connectivity index (χ4n) is 1.54. The van der Waals surface area contributed by atoms with Crippen LogP contribution in [0.15, 0.2) is 6.20 Å². The lowest BCUT2D eigenvalue weighted by molar-refractivity contribution is -0.121. The molecule has 0 bridgehead atoms. The van der Waals surface area contributed by atoms with E-state index in [-0.39, 0.29) is 17.4 Å². The third-order valence-electron chi connectivity index (χ3n) is 2.47. The maximum absolute atomic E-state index is 11.4. The molecule has 1 aromatic rings. The fraction of sp³-hybridized carbons (Fsp3) is 0.714. The quantitative estimate of drug-likeness (QED) is 0.789. The minimum absolute atomic E-state index is 0.0992. The smallest absolute Gasteiger partial charge is 0.221 e. The third kappa shape index (κ3) is 6.16. The molecule has 0 aliphatic carbocycles. The van der Waals surface area contributed by atoms with Crippen molar-refractivity contribution in [2.45, 2.75) is 59.0 Å². The van der Waals surface area contributed by atoms with Crippen molar-refractivity contribution in [3.8, 4) is 0 Å². The van der Waals surface area contributed by atoms with Gasteiger partial charge in [0.05, 0.1) is 5.01 Å². The van der Waals surface area contributed by atoms with Crippen LogP contribution in [0.2, 0.25) is 0 Å². The Kier molecular flexibility index (Phi) is 5.94. The van der Waals surface area contributed by atoms with Gasteiger partial charge < -0.3 is 10.6 Å². The Bertz CT molecular complexity index is 407. The van der Waals surface area contributed by atoms with Crippen LogP contribution in [0.3, 0.4) is 0 Å². The Morgan fingerprint density at radius 3 is 2.63 bits per heavy atom. The van der Waals surface area contributed by atoms with Crippen LogP contribution in [0.25, 0.3) is 0 Å². The van der Waals surface area contributed by atoms with Gasteiger partial charge in [-0.3, -0.25) is 4.79 Å². The molecule has 0 aliphatic rings. The predicted molar refractivity (Wildman–Crippen MR) is 80.4 cm³/mol. The average Bonchev–Trinajstić information content (AvgIpc) is 2.71. The Hall–Kier alpha value is -0.940. The van der Waals surface area contributed by atoms with Gasteiger partial charge in [0, 0.05) is 42.0 Å². The molecule has 0 unspecified atom stereocenters. The van der Waals surface area contributed by atoms with E-state index in [0.717, 1.165) is 11.6 Å². The van der Waals surface area contributed by atoms with Gasteiger partial charge in [0.15, 0.2) is 0 Å². The summed E-state index contributed by atoms with van der Waals surface area (Å²) in [4.78, 5) is 17.1. The second-order valence-electron chi connectivity index (χ2n) is 6.03. The second kappa shape index (κ2) is 7.01. The molecule has 1 rings (SSSR count). The number of hydrogen-bond acceptors (Lipinski definition) is 4. The molecule has 19 heavy (non-hydrogen) atoms. The first-order valence-corrected chi connectivity index (χ1v) is 7.56. The maximum Gasteiger partial charge on any atom is 0.221 e. The van der Waals surface area contributed by atoms with Gasteiger partial charge in [0.25, 0.3) is 0 Å². The molecule has 0 radical (unpaired) electrons. The molecule has 0 saturated carbocycles. The van der Waals surface area contributed by atoms with Crippen molar-refractivity contribution in [1.82, 2.24) is 15.6 Å². The molecule has 2 N–H and O–H groups in total. The number of hydrogen-bond donors (Lipinski definition) is 2. The Labute approximate surface area is 120 Å². The molecule has 4 nitrogen and oxygen atoms in total. The van der Waals surface area contributed by atoms with Gasteiger partial charge in [0.1, 0.15) is 0 Å². The topological polar surface area (TPSA) is 54.0 Å². The number of rotatable bonds is 6. The molecule has 0 saturated heterocycles. The summed E-state index contributed by atoms with van der Waals surface area (Å²) in [7, 11) is 0. The molecule has 0 aliphatic heterocycles. The lowest BCUT2D eigenvalue weighted by Crippen LogP contribution is -2.32. The van der Waals surface area contributed by atoms with Crippen molar-refractivity contribution in [1.29, 1.82) is 0 Å². The average molecular weight is 283 g/mol. The van der Waals surface area contributed by atoms with Crippen LogP contribution in [0.4, 0.5) is 0 Å². The number of aromatic nitrogens is 1. The standard InChI is InChI=1S/C14H25N3OS/c1-10(2)17-12(18)6-7-15-8-11-9-16-13(19-11)14(3,4)5/h9-10,15H,6-8H2,1-5H3,(H,17,18). The maximum atomic E-state index is 11.4. The first-order valence-electron chi connectivity index (χ1n) is 6.74. The lowest BCUT2D eigenvalue weighted by Gasteiger charge is -2.13. The number of carbonyl (C=O) groups excluding carboxylic acids is 1. The van der Waals surface area contributed by atoms with E-state index in [1.54, 1.807) is 11.3 Å². The van der Waals surface area contributed by atoms with Gasteiger partial charge in [0.2, 0.25) is 5.91 Å². The van der Waals surface area contributed by atoms with Gasteiger partial charge in [-0.1, -0.05) is 20.8 Å². The van der Waals surface area contributed by atoms with Gasteiger partial charge >= 0.3 is 0 Å². The Balaban J connectivity index is 2.27. The summed E-state index contributed by atoms with van der Waals surface area (Å²) in [5, 5.41) is 7.31. The molecular weight excluding hydrogens is 258 g/mol. The first kappa shape index (κ1) is 16.1. The number of carbonyl (C=O) groups is 1. The summed E-state index contributed by atoms with van der Waals surface area (Å²) < 4.78 is 0. The summed E-state index contributed by atoms with van der Waals surface area (Å²) >= 11 is 1.74. The van der Waals surface area contributed by atoms with E-state index in [0.29, 0.717) is 13.0 Å². The summed E-state index contributed by atoms with van der Waals surface area (Å²) in [5.41, 5.74) is 0.111. The Morgan fingerprint density at radius 1 is 1.42 bits per heavy atom. The van der Waals surface area contributed by atoms with Crippen LogP contribution in [0.5, 0.6) is 0 Å². The third-order valence-corrected chi connectivity index (χ3v) is 3.90. The highest BCUT2D eigenvalue weighted by Crippen LogP contribution is 2.26. The van der Waals surface area contributed by atoms with Crippen LogP contribution in [0, 0.1) is 0 Å². The minimum atomic E-state index is 0.0992. The molecule has 108 valence electrons. The molecule has 0 fully saturated rings. The summed E-state index contributed by atoms with van der Waals surface area (Å²) in [6.07, 6.45) is 2.44. The normalized spacial score (nSPS) is 11.9. The highest BCUT2D eigenvalue weighted by molar-refractivity contribution is 7.11. The molecule has 1 amide bonds. The van der Waals surface area contributed by atoms with Crippen LogP contribution in [-0.2, 0) is 16.8 Å². The highest BCUT2D eigenvalue weighted by Gasteiger charge is 2.17. The zero-order valence-corrected chi connectivity index (χ0v) is 13.4. The van der Waals surface area contributed by atoms with E-state index in [9.17, 15) is 4.79 Å². The van der Waals surface area contributed by atoms with E-state index in [4.69, 9.17) is 0 Å². The molecule has 0 spiro atoms. The fourth-order valence-corrected chi connectivity index (χ4v) is 2.48. The van der Waals surface area contributed by atoms with E-state index in [2.05, 4.69) is 36.4 Å². The van der Waals surface area contributed by atoms with Gasteiger partial charge in [-0.25, -0.2) is 4.98 Å². The van der Waals surface area contributed by atoms with Crippen molar-refractivity contribution in [3.05, 3.63) is 16.1 Å². The zero-order chi connectivity index (χ0) is 14.5. The Morgan fingerprint density at radius 2 is 2.11 bits per heavy atom. The molecule has 5 heteroatoms. The van der Waals surface area contributed by atoms with Crippen molar-refractivity contribution < 1.29 is 4.79 Å². The largest absolute Gasteiger partial charge is 0.354 e.